The van der Waals surface area contributed by atoms with Crippen LogP contribution in [0.25, 0.3) is 5.69 Å². The molecule has 6 nitrogen and oxygen atoms in total. The summed E-state index contributed by atoms with van der Waals surface area (Å²) in [6.07, 6.45) is 0. The number of anilines is 1. The van der Waals surface area contributed by atoms with Gasteiger partial charge in [-0.3, -0.25) is 0 Å². The number of hydrogen-bond donors (Lipinski definition) is 0. The van der Waals surface area contributed by atoms with Gasteiger partial charge in [-0.25, -0.2) is 13.1 Å². The third-order valence-electron chi connectivity index (χ3n) is 4.90. The second kappa shape index (κ2) is 7.10. The molecule has 1 aromatic carbocycles. The van der Waals surface area contributed by atoms with Crippen molar-refractivity contribution in [1.82, 2.24) is 14.1 Å². The molecule has 0 aliphatic carbocycles. The maximum Gasteiger partial charge on any atom is 0.252 e. The first-order chi connectivity index (χ1) is 13.0. The number of aryl methyl sites for hydroxylation is 1. The maximum absolute atomic E-state index is 12.7. The second-order valence-electron chi connectivity index (χ2n) is 6.59. The summed E-state index contributed by atoms with van der Waals surface area (Å²) in [5.74, 6) is 0. The van der Waals surface area contributed by atoms with E-state index in [-0.39, 0.29) is 0 Å². The standard InChI is InChI=1S/C19H22N4O2S2/c1-15-19(16(2)23(20-15)17-7-4-3-5-8-17)21-10-12-22(13-11-21)27(24,25)18-9-6-14-26-18/h3-9,14H,10-13H2,1-2H3. The fourth-order valence-electron chi connectivity index (χ4n) is 3.60. The van der Waals surface area contributed by atoms with E-state index in [9.17, 15) is 8.42 Å². The molecule has 0 N–H and O–H groups in total. The van der Waals surface area contributed by atoms with Gasteiger partial charge in [0.25, 0.3) is 10.0 Å². The van der Waals surface area contributed by atoms with Crippen molar-refractivity contribution in [2.75, 3.05) is 31.1 Å². The molecule has 1 fully saturated rings. The highest BCUT2D eigenvalue weighted by Gasteiger charge is 2.31. The zero-order chi connectivity index (χ0) is 19.0. The first-order valence-corrected chi connectivity index (χ1v) is 11.2. The van der Waals surface area contributed by atoms with Gasteiger partial charge in [0.05, 0.1) is 22.8 Å². The summed E-state index contributed by atoms with van der Waals surface area (Å²) in [5.41, 5.74) is 4.18. The molecule has 4 rings (SSSR count). The van der Waals surface area contributed by atoms with E-state index >= 15 is 0 Å². The summed E-state index contributed by atoms with van der Waals surface area (Å²) in [6, 6.07) is 13.5. The number of piperazine rings is 1. The van der Waals surface area contributed by atoms with Crippen LogP contribution >= 0.6 is 11.3 Å². The van der Waals surface area contributed by atoms with Crippen LogP contribution in [0, 0.1) is 13.8 Å². The molecule has 0 unspecified atom stereocenters. The molecule has 1 aliphatic heterocycles. The van der Waals surface area contributed by atoms with Crippen LogP contribution in [0.5, 0.6) is 0 Å². The van der Waals surface area contributed by atoms with Crippen LogP contribution in [0.2, 0.25) is 0 Å². The van der Waals surface area contributed by atoms with Crippen molar-refractivity contribution in [2.45, 2.75) is 18.1 Å². The third-order valence-corrected chi connectivity index (χ3v) is 8.17. The minimum atomic E-state index is -3.38. The molecule has 0 atom stereocenters. The molecule has 0 spiro atoms. The van der Waals surface area contributed by atoms with Gasteiger partial charge in [0.15, 0.2) is 0 Å². The van der Waals surface area contributed by atoms with Crippen LogP contribution in [0.1, 0.15) is 11.4 Å². The number of para-hydroxylation sites is 1. The summed E-state index contributed by atoms with van der Waals surface area (Å²) in [7, 11) is -3.38. The average molecular weight is 403 g/mol. The lowest BCUT2D eigenvalue weighted by molar-refractivity contribution is 0.385. The van der Waals surface area contributed by atoms with Gasteiger partial charge in [-0.15, -0.1) is 11.3 Å². The van der Waals surface area contributed by atoms with Gasteiger partial charge in [0.2, 0.25) is 0 Å². The Morgan fingerprint density at radius 2 is 1.67 bits per heavy atom. The average Bonchev–Trinajstić information content (AvgIpc) is 3.32. The Morgan fingerprint density at radius 3 is 2.30 bits per heavy atom. The molecule has 0 radical (unpaired) electrons. The van der Waals surface area contributed by atoms with Crippen molar-refractivity contribution in [3.8, 4) is 5.69 Å². The van der Waals surface area contributed by atoms with Crippen LogP contribution in [-0.4, -0.2) is 48.7 Å². The van der Waals surface area contributed by atoms with Gasteiger partial charge < -0.3 is 4.90 Å². The van der Waals surface area contributed by atoms with Crippen LogP contribution in [0.4, 0.5) is 5.69 Å². The first kappa shape index (κ1) is 18.2. The Labute approximate surface area is 163 Å². The molecule has 3 aromatic rings. The Hall–Kier alpha value is -2.16. The van der Waals surface area contributed by atoms with Crippen LogP contribution in [0.15, 0.2) is 52.1 Å². The summed E-state index contributed by atoms with van der Waals surface area (Å²) in [4.78, 5) is 2.25. The van der Waals surface area contributed by atoms with Crippen molar-refractivity contribution in [2.24, 2.45) is 0 Å². The van der Waals surface area contributed by atoms with Gasteiger partial charge in [0.1, 0.15) is 4.21 Å². The minimum Gasteiger partial charge on any atom is -0.366 e. The Morgan fingerprint density at radius 1 is 0.963 bits per heavy atom. The van der Waals surface area contributed by atoms with E-state index in [0.29, 0.717) is 30.4 Å². The van der Waals surface area contributed by atoms with Gasteiger partial charge in [-0.1, -0.05) is 24.3 Å². The highest BCUT2D eigenvalue weighted by atomic mass is 32.2. The zero-order valence-corrected chi connectivity index (χ0v) is 17.0. The van der Waals surface area contributed by atoms with E-state index in [1.807, 2.05) is 41.9 Å². The van der Waals surface area contributed by atoms with E-state index in [0.717, 1.165) is 22.8 Å². The number of sulfonamides is 1. The zero-order valence-electron chi connectivity index (χ0n) is 15.4. The largest absolute Gasteiger partial charge is 0.366 e. The number of thiophene rings is 1. The van der Waals surface area contributed by atoms with E-state index < -0.39 is 10.0 Å². The highest BCUT2D eigenvalue weighted by Crippen LogP contribution is 2.29. The summed E-state index contributed by atoms with van der Waals surface area (Å²) in [5, 5.41) is 6.51. The van der Waals surface area contributed by atoms with E-state index in [1.54, 1.807) is 21.8 Å². The molecule has 8 heteroatoms. The van der Waals surface area contributed by atoms with Crippen molar-refractivity contribution in [3.05, 3.63) is 59.2 Å². The van der Waals surface area contributed by atoms with Crippen molar-refractivity contribution >= 4 is 27.0 Å². The van der Waals surface area contributed by atoms with Crippen LogP contribution < -0.4 is 4.90 Å². The van der Waals surface area contributed by atoms with Gasteiger partial charge in [0, 0.05) is 26.2 Å². The fraction of sp³-hybridized carbons (Fsp3) is 0.316. The summed E-state index contributed by atoms with van der Waals surface area (Å²) >= 11 is 1.27. The lowest BCUT2D eigenvalue weighted by atomic mass is 10.2. The van der Waals surface area contributed by atoms with E-state index in [1.165, 1.54) is 11.3 Å². The van der Waals surface area contributed by atoms with Crippen LogP contribution in [-0.2, 0) is 10.0 Å². The molecule has 142 valence electrons. The van der Waals surface area contributed by atoms with E-state index in [4.69, 9.17) is 5.10 Å². The predicted molar refractivity (Wildman–Crippen MR) is 108 cm³/mol. The molecule has 2 aromatic heterocycles. The third kappa shape index (κ3) is 3.28. The molecule has 27 heavy (non-hydrogen) atoms. The smallest absolute Gasteiger partial charge is 0.252 e. The Balaban J connectivity index is 1.55. The summed E-state index contributed by atoms with van der Waals surface area (Å²) < 4.78 is 29.4. The Bertz CT molecular complexity index is 1020. The SMILES string of the molecule is Cc1nn(-c2ccccc2)c(C)c1N1CCN(S(=O)(=O)c2cccs2)CC1. The lowest BCUT2D eigenvalue weighted by Gasteiger charge is -2.35. The quantitative estimate of drug-likeness (QED) is 0.673. The minimum absolute atomic E-state index is 0.417. The van der Waals surface area contributed by atoms with Gasteiger partial charge >= 0.3 is 0 Å². The Kier molecular flexibility index (Phi) is 4.79. The fourth-order valence-corrected chi connectivity index (χ4v) is 6.17. The normalized spacial score (nSPS) is 16.0. The van der Waals surface area contributed by atoms with Crippen molar-refractivity contribution < 1.29 is 8.42 Å². The highest BCUT2D eigenvalue weighted by molar-refractivity contribution is 7.91. The predicted octanol–water partition coefficient (Wildman–Crippen LogP) is 3.06. The second-order valence-corrected chi connectivity index (χ2v) is 9.70. The molecule has 0 saturated carbocycles. The molecule has 3 heterocycles. The molecule has 1 aliphatic rings. The summed E-state index contributed by atoms with van der Waals surface area (Å²) in [6.45, 7) is 6.36. The molecule has 1 saturated heterocycles. The number of aromatic nitrogens is 2. The number of benzene rings is 1. The maximum atomic E-state index is 12.7. The molecule has 0 amide bonds. The first-order valence-electron chi connectivity index (χ1n) is 8.89. The van der Waals surface area contributed by atoms with Crippen molar-refractivity contribution in [3.63, 3.8) is 0 Å². The monoisotopic (exact) mass is 402 g/mol. The van der Waals surface area contributed by atoms with E-state index in [2.05, 4.69) is 11.8 Å². The molecular weight excluding hydrogens is 380 g/mol. The number of nitrogens with zero attached hydrogens (tertiary/aromatic N) is 4. The topological polar surface area (TPSA) is 58.4 Å². The van der Waals surface area contributed by atoms with Crippen LogP contribution in [0.3, 0.4) is 0 Å². The van der Waals surface area contributed by atoms with Gasteiger partial charge in [-0.2, -0.15) is 9.40 Å². The number of rotatable bonds is 4. The lowest BCUT2D eigenvalue weighted by Crippen LogP contribution is -2.48. The van der Waals surface area contributed by atoms with Crippen molar-refractivity contribution in [1.29, 1.82) is 0 Å². The molecular formula is C19H22N4O2S2. The number of hydrogen-bond acceptors (Lipinski definition) is 5. The molecule has 0 bridgehead atoms. The van der Waals surface area contributed by atoms with Gasteiger partial charge in [-0.05, 0) is 37.4 Å².